The maximum atomic E-state index is 11.6. The predicted molar refractivity (Wildman–Crippen MR) is 66.3 cm³/mol. The first kappa shape index (κ1) is 12.8. The summed E-state index contributed by atoms with van der Waals surface area (Å²) in [6.07, 6.45) is 0.774. The monoisotopic (exact) mass is 268 g/mol. The van der Waals surface area contributed by atoms with E-state index in [0.717, 1.165) is 11.1 Å². The van der Waals surface area contributed by atoms with Crippen molar-refractivity contribution in [2.24, 2.45) is 0 Å². The van der Waals surface area contributed by atoms with Crippen LogP contribution in [0.25, 0.3) is 0 Å². The van der Waals surface area contributed by atoms with Gasteiger partial charge in [-0.15, -0.1) is 10.2 Å². The fourth-order valence-corrected chi connectivity index (χ4v) is 1.89. The lowest BCUT2D eigenvalue weighted by Crippen LogP contribution is -2.47. The highest BCUT2D eigenvalue weighted by atomic mass is 35.5. The number of rotatable bonds is 2. The van der Waals surface area contributed by atoms with E-state index in [1.807, 2.05) is 13.8 Å². The molecule has 18 heavy (non-hydrogen) atoms. The van der Waals surface area contributed by atoms with Crippen LogP contribution in [0.2, 0.25) is 5.15 Å². The SMILES string of the molecule is Cc1c(Cl)nnc(NC2CCC(=O)NC2=O)c1C. The highest BCUT2D eigenvalue weighted by Crippen LogP contribution is 2.22. The fourth-order valence-electron chi connectivity index (χ4n) is 1.71. The van der Waals surface area contributed by atoms with Crippen LogP contribution in [-0.2, 0) is 9.59 Å². The molecule has 1 saturated heterocycles. The summed E-state index contributed by atoms with van der Waals surface area (Å²) in [5, 5.41) is 13.3. The number of anilines is 1. The van der Waals surface area contributed by atoms with Crippen molar-refractivity contribution in [1.29, 1.82) is 0 Å². The van der Waals surface area contributed by atoms with Gasteiger partial charge in [0, 0.05) is 6.42 Å². The van der Waals surface area contributed by atoms with E-state index >= 15 is 0 Å². The number of hydrogen-bond donors (Lipinski definition) is 2. The normalized spacial score (nSPS) is 19.6. The Morgan fingerprint density at radius 2 is 2.00 bits per heavy atom. The highest BCUT2D eigenvalue weighted by molar-refractivity contribution is 6.30. The summed E-state index contributed by atoms with van der Waals surface area (Å²) in [5.74, 6) is -0.0559. The van der Waals surface area contributed by atoms with Crippen molar-refractivity contribution in [3.63, 3.8) is 0 Å². The molecule has 2 rings (SSSR count). The molecule has 2 N–H and O–H groups in total. The minimum atomic E-state index is -0.462. The molecule has 0 saturated carbocycles. The Morgan fingerprint density at radius 1 is 1.28 bits per heavy atom. The molecule has 2 heterocycles. The molecular weight excluding hydrogens is 256 g/mol. The number of nitrogens with one attached hydrogen (secondary N) is 2. The second-order valence-electron chi connectivity index (χ2n) is 4.24. The van der Waals surface area contributed by atoms with Crippen LogP contribution in [0.5, 0.6) is 0 Å². The third-order valence-electron chi connectivity index (χ3n) is 3.02. The predicted octanol–water partition coefficient (Wildman–Crippen LogP) is 0.964. The van der Waals surface area contributed by atoms with Gasteiger partial charge in [-0.1, -0.05) is 11.6 Å². The molecule has 96 valence electrons. The van der Waals surface area contributed by atoms with Crippen LogP contribution < -0.4 is 10.6 Å². The van der Waals surface area contributed by atoms with Crippen LogP contribution >= 0.6 is 11.6 Å². The van der Waals surface area contributed by atoms with E-state index in [1.165, 1.54) is 0 Å². The zero-order chi connectivity index (χ0) is 13.3. The van der Waals surface area contributed by atoms with Gasteiger partial charge < -0.3 is 5.32 Å². The van der Waals surface area contributed by atoms with E-state index in [9.17, 15) is 9.59 Å². The smallest absolute Gasteiger partial charge is 0.249 e. The minimum absolute atomic E-state index is 0.242. The standard InChI is InChI=1S/C11H13ClN4O2/c1-5-6(2)10(16-15-9(5)12)13-7-3-4-8(17)14-11(7)18/h7H,3-4H2,1-2H3,(H,13,16)(H,14,17,18). The third kappa shape index (κ3) is 2.43. The summed E-state index contributed by atoms with van der Waals surface area (Å²) in [6, 6.07) is -0.462. The van der Waals surface area contributed by atoms with Crippen molar-refractivity contribution in [1.82, 2.24) is 15.5 Å². The maximum Gasteiger partial charge on any atom is 0.249 e. The van der Waals surface area contributed by atoms with E-state index in [2.05, 4.69) is 20.8 Å². The molecule has 1 atom stereocenters. The average molecular weight is 269 g/mol. The van der Waals surface area contributed by atoms with Crippen molar-refractivity contribution in [3.05, 3.63) is 16.3 Å². The Hall–Kier alpha value is -1.69. The number of nitrogens with zero attached hydrogens (tertiary/aromatic N) is 2. The number of carbonyl (C=O) groups is 2. The van der Waals surface area contributed by atoms with Crippen LogP contribution in [0.15, 0.2) is 0 Å². The summed E-state index contributed by atoms with van der Waals surface area (Å²) in [5.41, 5.74) is 1.67. The zero-order valence-corrected chi connectivity index (χ0v) is 10.8. The summed E-state index contributed by atoms with van der Waals surface area (Å²) in [6.45, 7) is 3.69. The number of piperidine rings is 1. The lowest BCUT2D eigenvalue weighted by molar-refractivity contribution is -0.133. The molecule has 1 fully saturated rings. The molecule has 1 aromatic rings. The number of amides is 2. The van der Waals surface area contributed by atoms with Gasteiger partial charge >= 0.3 is 0 Å². The molecule has 0 aromatic carbocycles. The summed E-state index contributed by atoms with van der Waals surface area (Å²) in [7, 11) is 0. The van der Waals surface area contributed by atoms with E-state index in [0.29, 0.717) is 23.8 Å². The number of carbonyl (C=O) groups excluding carboxylic acids is 2. The van der Waals surface area contributed by atoms with Gasteiger partial charge in [-0.05, 0) is 31.4 Å². The second kappa shape index (κ2) is 4.89. The first-order valence-electron chi connectivity index (χ1n) is 5.58. The van der Waals surface area contributed by atoms with Crippen molar-refractivity contribution < 1.29 is 9.59 Å². The van der Waals surface area contributed by atoms with Gasteiger partial charge in [0.15, 0.2) is 11.0 Å². The van der Waals surface area contributed by atoms with Crippen molar-refractivity contribution in [2.75, 3.05) is 5.32 Å². The Labute approximate surface area is 109 Å². The summed E-state index contributed by atoms with van der Waals surface area (Å²) >= 11 is 5.85. The molecule has 2 amide bonds. The highest BCUT2D eigenvalue weighted by Gasteiger charge is 2.27. The molecule has 1 aliphatic heterocycles. The maximum absolute atomic E-state index is 11.6. The fraction of sp³-hybridized carbons (Fsp3) is 0.455. The van der Waals surface area contributed by atoms with E-state index in [-0.39, 0.29) is 11.8 Å². The second-order valence-corrected chi connectivity index (χ2v) is 4.60. The molecule has 1 aromatic heterocycles. The Bertz CT molecular complexity index is 518. The lowest BCUT2D eigenvalue weighted by atomic mass is 10.1. The van der Waals surface area contributed by atoms with Crippen LogP contribution in [0, 0.1) is 13.8 Å². The van der Waals surface area contributed by atoms with Crippen molar-refractivity contribution in [2.45, 2.75) is 32.7 Å². The zero-order valence-electron chi connectivity index (χ0n) is 10.1. The van der Waals surface area contributed by atoms with Crippen LogP contribution in [0.3, 0.4) is 0 Å². The van der Waals surface area contributed by atoms with Gasteiger partial charge in [0.25, 0.3) is 0 Å². The van der Waals surface area contributed by atoms with Crippen molar-refractivity contribution in [3.8, 4) is 0 Å². The first-order valence-corrected chi connectivity index (χ1v) is 5.96. The summed E-state index contributed by atoms with van der Waals surface area (Å²) in [4.78, 5) is 22.6. The van der Waals surface area contributed by atoms with Gasteiger partial charge in [0.1, 0.15) is 6.04 Å². The number of hydrogen-bond acceptors (Lipinski definition) is 5. The first-order chi connectivity index (χ1) is 8.49. The molecule has 1 unspecified atom stereocenters. The van der Waals surface area contributed by atoms with Gasteiger partial charge in [-0.2, -0.15) is 0 Å². The Balaban J connectivity index is 2.17. The largest absolute Gasteiger partial charge is 0.357 e. The van der Waals surface area contributed by atoms with Crippen LogP contribution in [0.4, 0.5) is 5.82 Å². The van der Waals surface area contributed by atoms with Gasteiger partial charge in [0.05, 0.1) is 0 Å². The molecular formula is C11H13ClN4O2. The van der Waals surface area contributed by atoms with Crippen molar-refractivity contribution >= 4 is 29.2 Å². The molecule has 0 spiro atoms. The summed E-state index contributed by atoms with van der Waals surface area (Å²) < 4.78 is 0. The number of aromatic nitrogens is 2. The molecule has 6 nitrogen and oxygen atoms in total. The molecule has 0 aliphatic carbocycles. The Morgan fingerprint density at radius 3 is 2.67 bits per heavy atom. The van der Waals surface area contributed by atoms with Crippen LogP contribution in [-0.4, -0.2) is 28.1 Å². The lowest BCUT2D eigenvalue weighted by Gasteiger charge is -2.23. The average Bonchev–Trinajstić information content (AvgIpc) is 2.33. The number of imide groups is 1. The van der Waals surface area contributed by atoms with Gasteiger partial charge in [-0.3, -0.25) is 14.9 Å². The van der Waals surface area contributed by atoms with Gasteiger partial charge in [0.2, 0.25) is 11.8 Å². The van der Waals surface area contributed by atoms with Crippen LogP contribution in [0.1, 0.15) is 24.0 Å². The molecule has 0 radical (unpaired) electrons. The number of halogens is 1. The molecule has 7 heteroatoms. The topological polar surface area (TPSA) is 84.0 Å². The minimum Gasteiger partial charge on any atom is -0.357 e. The quantitative estimate of drug-likeness (QED) is 0.781. The molecule has 0 bridgehead atoms. The third-order valence-corrected chi connectivity index (χ3v) is 3.37. The van der Waals surface area contributed by atoms with E-state index in [4.69, 9.17) is 11.6 Å². The Kier molecular flexibility index (Phi) is 3.47. The van der Waals surface area contributed by atoms with Gasteiger partial charge in [-0.25, -0.2) is 0 Å². The van der Waals surface area contributed by atoms with E-state index in [1.54, 1.807) is 0 Å². The van der Waals surface area contributed by atoms with E-state index < -0.39 is 6.04 Å². The molecule has 1 aliphatic rings.